The van der Waals surface area contributed by atoms with Crippen molar-refractivity contribution in [1.29, 1.82) is 0 Å². The van der Waals surface area contributed by atoms with Crippen molar-refractivity contribution in [1.82, 2.24) is 10.3 Å². The van der Waals surface area contributed by atoms with E-state index in [4.69, 9.17) is 0 Å². The minimum Gasteiger partial charge on any atom is -0.406 e. The first-order valence-corrected chi connectivity index (χ1v) is 7.02. The average Bonchev–Trinajstić information content (AvgIpc) is 2.51. The summed E-state index contributed by atoms with van der Waals surface area (Å²) >= 11 is 0. The Balaban J connectivity index is 1.95. The van der Waals surface area contributed by atoms with E-state index < -0.39 is 12.5 Å². The first kappa shape index (κ1) is 17.2. The Morgan fingerprint density at radius 1 is 1.17 bits per heavy atom. The summed E-state index contributed by atoms with van der Waals surface area (Å²) in [6.45, 7) is 2.06. The number of benzene rings is 1. The van der Waals surface area contributed by atoms with Crippen LogP contribution in [0.5, 0.6) is 5.75 Å². The summed E-state index contributed by atoms with van der Waals surface area (Å²) in [6, 6.07) is 8.92. The van der Waals surface area contributed by atoms with E-state index in [1.165, 1.54) is 18.2 Å². The van der Waals surface area contributed by atoms with E-state index in [2.05, 4.69) is 15.0 Å². The fraction of sp³-hybridized carbons (Fsp3) is 0.312. The van der Waals surface area contributed by atoms with Gasteiger partial charge >= 0.3 is 6.36 Å². The van der Waals surface area contributed by atoms with E-state index in [0.29, 0.717) is 11.1 Å². The number of ether oxygens (including phenoxy) is 1. The largest absolute Gasteiger partial charge is 0.573 e. The number of aliphatic hydroxyl groups excluding tert-OH is 1. The molecule has 2 rings (SSSR count). The molecule has 0 aliphatic carbocycles. The molecule has 2 unspecified atom stereocenters. The first-order chi connectivity index (χ1) is 10.8. The van der Waals surface area contributed by atoms with E-state index in [1.54, 1.807) is 37.5 Å². The lowest BCUT2D eigenvalue weighted by Crippen LogP contribution is -2.25. The number of hydrogen-bond acceptors (Lipinski definition) is 4. The van der Waals surface area contributed by atoms with E-state index >= 15 is 0 Å². The maximum absolute atomic E-state index is 12.2. The van der Waals surface area contributed by atoms with Crippen LogP contribution in [0.1, 0.15) is 30.2 Å². The zero-order valence-electron chi connectivity index (χ0n) is 12.4. The second-order valence-electron chi connectivity index (χ2n) is 5.05. The van der Waals surface area contributed by atoms with Gasteiger partial charge in [-0.25, -0.2) is 0 Å². The third kappa shape index (κ3) is 5.54. The predicted octanol–water partition coefficient (Wildman–Crippen LogP) is 3.36. The summed E-state index contributed by atoms with van der Waals surface area (Å²) in [7, 11) is 0. The van der Waals surface area contributed by atoms with Gasteiger partial charge in [0, 0.05) is 25.0 Å². The third-order valence-electron chi connectivity index (χ3n) is 3.30. The van der Waals surface area contributed by atoms with Gasteiger partial charge in [0.15, 0.2) is 0 Å². The number of pyridine rings is 1. The summed E-state index contributed by atoms with van der Waals surface area (Å²) in [5, 5.41) is 13.1. The molecule has 0 saturated carbocycles. The third-order valence-corrected chi connectivity index (χ3v) is 3.30. The van der Waals surface area contributed by atoms with E-state index in [1.807, 2.05) is 0 Å². The summed E-state index contributed by atoms with van der Waals surface area (Å²) in [6.07, 6.45) is -2.28. The fourth-order valence-corrected chi connectivity index (χ4v) is 2.09. The van der Waals surface area contributed by atoms with Crippen LogP contribution in [-0.4, -0.2) is 23.0 Å². The Morgan fingerprint density at radius 2 is 1.87 bits per heavy atom. The van der Waals surface area contributed by atoms with Gasteiger partial charge in [0.1, 0.15) is 5.75 Å². The Morgan fingerprint density at radius 3 is 2.52 bits per heavy atom. The van der Waals surface area contributed by atoms with Crippen LogP contribution in [0.3, 0.4) is 0 Å². The predicted molar refractivity (Wildman–Crippen MR) is 78.7 cm³/mol. The molecule has 2 aromatic rings. The SMILES string of the molecule is CC(NCC(O)c1ccncc1)c1cccc(OC(F)(F)F)c1. The molecule has 1 aromatic heterocycles. The van der Waals surface area contributed by atoms with E-state index in [0.717, 1.165) is 0 Å². The van der Waals surface area contributed by atoms with Crippen LogP contribution in [0.2, 0.25) is 0 Å². The molecular weight excluding hydrogens is 309 g/mol. The van der Waals surface area contributed by atoms with Crippen molar-refractivity contribution in [2.45, 2.75) is 25.4 Å². The molecule has 23 heavy (non-hydrogen) atoms. The van der Waals surface area contributed by atoms with Gasteiger partial charge in [-0.15, -0.1) is 13.2 Å². The lowest BCUT2D eigenvalue weighted by atomic mass is 10.1. The number of alkyl halides is 3. The Kier molecular flexibility index (Phi) is 5.57. The van der Waals surface area contributed by atoms with Gasteiger partial charge in [-0.2, -0.15) is 0 Å². The minimum absolute atomic E-state index is 0.247. The van der Waals surface area contributed by atoms with Crippen LogP contribution in [-0.2, 0) is 0 Å². The van der Waals surface area contributed by atoms with Crippen LogP contribution in [0.25, 0.3) is 0 Å². The molecule has 2 atom stereocenters. The molecule has 4 nitrogen and oxygen atoms in total. The number of rotatable bonds is 6. The zero-order chi connectivity index (χ0) is 16.9. The van der Waals surface area contributed by atoms with Crippen molar-refractivity contribution < 1.29 is 23.0 Å². The van der Waals surface area contributed by atoms with Gasteiger partial charge in [0.2, 0.25) is 0 Å². The smallest absolute Gasteiger partial charge is 0.406 e. The summed E-state index contributed by atoms with van der Waals surface area (Å²) < 4.78 is 40.6. The molecule has 0 fully saturated rings. The quantitative estimate of drug-likeness (QED) is 0.855. The molecule has 0 aliphatic heterocycles. The monoisotopic (exact) mass is 326 g/mol. The Hall–Kier alpha value is -2.12. The topological polar surface area (TPSA) is 54.4 Å². The van der Waals surface area contributed by atoms with Crippen molar-refractivity contribution in [2.24, 2.45) is 0 Å². The van der Waals surface area contributed by atoms with Crippen molar-refractivity contribution in [3.63, 3.8) is 0 Å². The van der Waals surface area contributed by atoms with E-state index in [9.17, 15) is 18.3 Å². The number of hydrogen-bond donors (Lipinski definition) is 2. The van der Waals surface area contributed by atoms with Crippen molar-refractivity contribution in [3.05, 3.63) is 59.9 Å². The number of aliphatic hydroxyl groups is 1. The first-order valence-electron chi connectivity index (χ1n) is 7.02. The summed E-state index contributed by atoms with van der Waals surface area (Å²) in [4.78, 5) is 3.87. The normalized spacial score (nSPS) is 14.3. The molecule has 124 valence electrons. The number of halogens is 3. The molecule has 0 saturated heterocycles. The summed E-state index contributed by atoms with van der Waals surface area (Å²) in [5.74, 6) is -0.265. The van der Waals surface area contributed by atoms with Crippen LogP contribution >= 0.6 is 0 Å². The van der Waals surface area contributed by atoms with Gasteiger partial charge in [-0.1, -0.05) is 12.1 Å². The number of aromatic nitrogens is 1. The molecule has 0 amide bonds. The van der Waals surface area contributed by atoms with Gasteiger partial charge in [0.05, 0.1) is 6.10 Å². The van der Waals surface area contributed by atoms with Gasteiger partial charge in [-0.05, 0) is 42.3 Å². The zero-order valence-corrected chi connectivity index (χ0v) is 12.4. The number of nitrogens with one attached hydrogen (secondary N) is 1. The number of nitrogens with zero attached hydrogens (tertiary/aromatic N) is 1. The highest BCUT2D eigenvalue weighted by molar-refractivity contribution is 5.30. The minimum atomic E-state index is -4.72. The molecule has 0 aliphatic rings. The van der Waals surface area contributed by atoms with E-state index in [-0.39, 0.29) is 18.3 Å². The van der Waals surface area contributed by atoms with Crippen molar-refractivity contribution in [2.75, 3.05) is 6.54 Å². The Bertz CT molecular complexity index is 620. The van der Waals surface area contributed by atoms with Gasteiger partial charge in [-0.3, -0.25) is 4.98 Å². The Labute approximate surface area is 131 Å². The lowest BCUT2D eigenvalue weighted by Gasteiger charge is -2.18. The van der Waals surface area contributed by atoms with Crippen LogP contribution in [0, 0.1) is 0 Å². The average molecular weight is 326 g/mol. The highest BCUT2D eigenvalue weighted by atomic mass is 19.4. The summed E-state index contributed by atoms with van der Waals surface area (Å²) in [5.41, 5.74) is 1.35. The van der Waals surface area contributed by atoms with Crippen LogP contribution in [0.15, 0.2) is 48.8 Å². The molecule has 7 heteroatoms. The molecule has 1 aromatic carbocycles. The second kappa shape index (κ2) is 7.43. The molecule has 0 bridgehead atoms. The maximum Gasteiger partial charge on any atom is 0.573 e. The molecule has 0 radical (unpaired) electrons. The molecule has 1 heterocycles. The van der Waals surface area contributed by atoms with Crippen molar-refractivity contribution in [3.8, 4) is 5.75 Å². The van der Waals surface area contributed by atoms with Crippen LogP contribution < -0.4 is 10.1 Å². The lowest BCUT2D eigenvalue weighted by molar-refractivity contribution is -0.274. The standard InChI is InChI=1S/C16H17F3N2O2/c1-11(21-10-15(22)12-5-7-20-8-6-12)13-3-2-4-14(9-13)23-16(17,18)19/h2-9,11,15,21-22H,10H2,1H3. The van der Waals surface area contributed by atoms with Crippen molar-refractivity contribution >= 4 is 0 Å². The second-order valence-corrected chi connectivity index (χ2v) is 5.05. The van der Waals surface area contributed by atoms with Crippen LogP contribution in [0.4, 0.5) is 13.2 Å². The maximum atomic E-state index is 12.2. The highest BCUT2D eigenvalue weighted by Gasteiger charge is 2.31. The molecule has 2 N–H and O–H groups in total. The highest BCUT2D eigenvalue weighted by Crippen LogP contribution is 2.25. The van der Waals surface area contributed by atoms with Gasteiger partial charge in [0.25, 0.3) is 0 Å². The molecule has 0 spiro atoms. The van der Waals surface area contributed by atoms with Gasteiger partial charge < -0.3 is 15.2 Å². The fourth-order valence-electron chi connectivity index (χ4n) is 2.09. The molecular formula is C16H17F3N2O2.